The molecule has 0 saturated carbocycles. The number of amides is 1. The van der Waals surface area contributed by atoms with Gasteiger partial charge in [0.05, 0.1) is 0 Å². The van der Waals surface area contributed by atoms with Crippen molar-refractivity contribution in [2.24, 2.45) is 5.92 Å². The summed E-state index contributed by atoms with van der Waals surface area (Å²) in [6.45, 7) is 5.94. The van der Waals surface area contributed by atoms with Gasteiger partial charge in [0.25, 0.3) is 0 Å². The van der Waals surface area contributed by atoms with Gasteiger partial charge < -0.3 is 15.3 Å². The van der Waals surface area contributed by atoms with E-state index in [1.54, 1.807) is 6.07 Å². The Morgan fingerprint density at radius 1 is 1.19 bits per heavy atom. The molecule has 1 heterocycles. The third-order valence-electron chi connectivity index (χ3n) is 5.52. The molecule has 144 valence electrons. The molecule has 2 N–H and O–H groups in total. The van der Waals surface area contributed by atoms with E-state index < -0.39 is 0 Å². The normalized spacial score (nSPS) is 20.3. The highest BCUT2D eigenvalue weighted by Crippen LogP contribution is 2.33. The van der Waals surface area contributed by atoms with Gasteiger partial charge in [-0.1, -0.05) is 49.4 Å². The molecule has 2 atom stereocenters. The molecule has 4 heteroatoms. The number of nitrogens with one attached hydrogen (secondary N) is 1. The van der Waals surface area contributed by atoms with E-state index in [1.807, 2.05) is 30.3 Å². The molecule has 0 spiro atoms. The van der Waals surface area contributed by atoms with Crippen molar-refractivity contribution in [3.8, 4) is 5.75 Å². The number of rotatable bonds is 7. The van der Waals surface area contributed by atoms with E-state index in [-0.39, 0.29) is 5.91 Å². The van der Waals surface area contributed by atoms with Gasteiger partial charge in [-0.3, -0.25) is 4.79 Å². The number of carbonyl (C=O) groups is 1. The molecular weight excluding hydrogens is 336 g/mol. The standard InChI is InChI=1S/C23H30N2O2/c1-18-17-25(14-12-22(18)20-8-5-9-21(26)16-20)15-13-24-23(27)11-10-19-6-3-2-4-7-19/h2-9,16,18,22,26H,10-15,17H2,1H3,(H,24,27). The van der Waals surface area contributed by atoms with Crippen LogP contribution in [0.15, 0.2) is 54.6 Å². The van der Waals surface area contributed by atoms with Crippen LogP contribution in [0.25, 0.3) is 0 Å². The van der Waals surface area contributed by atoms with Gasteiger partial charge in [0.1, 0.15) is 5.75 Å². The maximum Gasteiger partial charge on any atom is 0.220 e. The summed E-state index contributed by atoms with van der Waals surface area (Å²) in [6, 6.07) is 17.8. The smallest absolute Gasteiger partial charge is 0.220 e. The van der Waals surface area contributed by atoms with Crippen LogP contribution in [-0.2, 0) is 11.2 Å². The number of hydrogen-bond donors (Lipinski definition) is 2. The molecule has 4 nitrogen and oxygen atoms in total. The van der Waals surface area contributed by atoms with Crippen molar-refractivity contribution in [3.05, 3.63) is 65.7 Å². The van der Waals surface area contributed by atoms with Gasteiger partial charge in [0, 0.05) is 26.1 Å². The first-order valence-corrected chi connectivity index (χ1v) is 9.93. The first-order chi connectivity index (χ1) is 13.1. The summed E-state index contributed by atoms with van der Waals surface area (Å²) in [5, 5.41) is 12.8. The Balaban J connectivity index is 1.37. The summed E-state index contributed by atoms with van der Waals surface area (Å²) in [5.41, 5.74) is 2.44. The minimum absolute atomic E-state index is 0.126. The number of benzene rings is 2. The summed E-state index contributed by atoms with van der Waals surface area (Å²) < 4.78 is 0. The van der Waals surface area contributed by atoms with Gasteiger partial charge in [-0.05, 0) is 54.5 Å². The van der Waals surface area contributed by atoms with Gasteiger partial charge >= 0.3 is 0 Å². The lowest BCUT2D eigenvalue weighted by atomic mass is 9.81. The van der Waals surface area contributed by atoms with E-state index in [0.29, 0.717) is 30.6 Å². The Morgan fingerprint density at radius 2 is 2.00 bits per heavy atom. The van der Waals surface area contributed by atoms with Crippen LogP contribution >= 0.6 is 0 Å². The van der Waals surface area contributed by atoms with Crippen LogP contribution in [0.4, 0.5) is 0 Å². The molecule has 1 amide bonds. The highest BCUT2D eigenvalue weighted by Gasteiger charge is 2.27. The summed E-state index contributed by atoms with van der Waals surface area (Å²) >= 11 is 0. The average Bonchev–Trinajstić information content (AvgIpc) is 2.67. The quantitative estimate of drug-likeness (QED) is 0.788. The van der Waals surface area contributed by atoms with Crippen molar-refractivity contribution in [3.63, 3.8) is 0 Å². The van der Waals surface area contributed by atoms with Crippen LogP contribution in [0.5, 0.6) is 5.75 Å². The molecule has 1 aliphatic heterocycles. The minimum Gasteiger partial charge on any atom is -0.508 e. The largest absolute Gasteiger partial charge is 0.508 e. The highest BCUT2D eigenvalue weighted by atomic mass is 16.3. The molecule has 0 aromatic heterocycles. The molecule has 1 fully saturated rings. The highest BCUT2D eigenvalue weighted by molar-refractivity contribution is 5.76. The SMILES string of the molecule is CC1CN(CCNC(=O)CCc2ccccc2)CCC1c1cccc(O)c1. The van der Waals surface area contributed by atoms with E-state index in [1.165, 1.54) is 11.1 Å². The van der Waals surface area contributed by atoms with E-state index in [0.717, 1.165) is 32.5 Å². The molecule has 2 unspecified atom stereocenters. The fourth-order valence-corrected chi connectivity index (χ4v) is 4.03. The van der Waals surface area contributed by atoms with Crippen LogP contribution in [0.1, 0.15) is 36.8 Å². The molecule has 2 aromatic carbocycles. The number of aryl methyl sites for hydroxylation is 1. The molecule has 1 saturated heterocycles. The molecule has 0 aliphatic carbocycles. The minimum atomic E-state index is 0.126. The topological polar surface area (TPSA) is 52.6 Å². The Labute approximate surface area is 162 Å². The maximum atomic E-state index is 12.0. The van der Waals surface area contributed by atoms with Crippen molar-refractivity contribution in [1.29, 1.82) is 0 Å². The lowest BCUT2D eigenvalue weighted by Gasteiger charge is -2.37. The lowest BCUT2D eigenvalue weighted by Crippen LogP contribution is -2.42. The van der Waals surface area contributed by atoms with Gasteiger partial charge in [0.15, 0.2) is 0 Å². The molecule has 2 aromatic rings. The van der Waals surface area contributed by atoms with Gasteiger partial charge in [-0.15, -0.1) is 0 Å². The molecular formula is C23H30N2O2. The zero-order valence-electron chi connectivity index (χ0n) is 16.1. The zero-order valence-corrected chi connectivity index (χ0v) is 16.1. The monoisotopic (exact) mass is 366 g/mol. The third kappa shape index (κ3) is 5.83. The van der Waals surface area contributed by atoms with Crippen LogP contribution in [0, 0.1) is 5.92 Å². The van der Waals surface area contributed by atoms with Gasteiger partial charge in [-0.25, -0.2) is 0 Å². The summed E-state index contributed by atoms with van der Waals surface area (Å²) in [6.07, 6.45) is 2.42. The maximum absolute atomic E-state index is 12.0. The van der Waals surface area contributed by atoms with Crippen LogP contribution in [0.3, 0.4) is 0 Å². The van der Waals surface area contributed by atoms with E-state index in [4.69, 9.17) is 0 Å². The van der Waals surface area contributed by atoms with Crippen molar-refractivity contribution in [2.45, 2.75) is 32.1 Å². The average molecular weight is 367 g/mol. The number of hydrogen-bond acceptors (Lipinski definition) is 3. The number of nitrogens with zero attached hydrogens (tertiary/aromatic N) is 1. The fourth-order valence-electron chi connectivity index (χ4n) is 4.03. The lowest BCUT2D eigenvalue weighted by molar-refractivity contribution is -0.121. The van der Waals surface area contributed by atoms with E-state index in [2.05, 4.69) is 35.3 Å². The molecule has 1 aliphatic rings. The number of likely N-dealkylation sites (tertiary alicyclic amines) is 1. The second kappa shape index (κ2) is 9.56. The van der Waals surface area contributed by atoms with Crippen LogP contribution in [0.2, 0.25) is 0 Å². The predicted molar refractivity (Wildman–Crippen MR) is 109 cm³/mol. The van der Waals surface area contributed by atoms with E-state index >= 15 is 0 Å². The van der Waals surface area contributed by atoms with Crippen LogP contribution in [-0.4, -0.2) is 42.1 Å². The van der Waals surface area contributed by atoms with Gasteiger partial charge in [-0.2, -0.15) is 0 Å². The third-order valence-corrected chi connectivity index (χ3v) is 5.52. The molecule has 27 heavy (non-hydrogen) atoms. The second-order valence-electron chi connectivity index (χ2n) is 7.60. The van der Waals surface area contributed by atoms with Crippen molar-refractivity contribution >= 4 is 5.91 Å². The first-order valence-electron chi connectivity index (χ1n) is 9.93. The Kier molecular flexibility index (Phi) is 6.88. The molecule has 0 bridgehead atoms. The zero-order chi connectivity index (χ0) is 19.1. The molecule has 3 rings (SSSR count). The second-order valence-corrected chi connectivity index (χ2v) is 7.60. The Morgan fingerprint density at radius 3 is 2.74 bits per heavy atom. The Bertz CT molecular complexity index is 732. The predicted octanol–water partition coefficient (Wildman–Crippen LogP) is 3.57. The van der Waals surface area contributed by atoms with Crippen LogP contribution < -0.4 is 5.32 Å². The van der Waals surface area contributed by atoms with Gasteiger partial charge in [0.2, 0.25) is 5.91 Å². The summed E-state index contributed by atoms with van der Waals surface area (Å²) in [7, 11) is 0. The fraction of sp³-hybridized carbons (Fsp3) is 0.435. The summed E-state index contributed by atoms with van der Waals surface area (Å²) in [5.74, 6) is 1.50. The number of carbonyl (C=O) groups excluding carboxylic acids is 1. The molecule has 0 radical (unpaired) electrons. The van der Waals surface area contributed by atoms with Crippen molar-refractivity contribution in [1.82, 2.24) is 10.2 Å². The van der Waals surface area contributed by atoms with Crippen molar-refractivity contribution in [2.75, 3.05) is 26.2 Å². The number of aromatic hydroxyl groups is 1. The summed E-state index contributed by atoms with van der Waals surface area (Å²) in [4.78, 5) is 14.5. The Hall–Kier alpha value is -2.33. The number of piperidine rings is 1. The van der Waals surface area contributed by atoms with E-state index in [9.17, 15) is 9.90 Å². The number of phenolic OH excluding ortho intramolecular Hbond substituents is 1. The first kappa shape index (κ1) is 19.4. The number of phenols is 1. The van der Waals surface area contributed by atoms with Crippen molar-refractivity contribution < 1.29 is 9.90 Å².